The lowest BCUT2D eigenvalue weighted by molar-refractivity contribution is 0.0593. The van der Waals surface area contributed by atoms with Crippen LogP contribution in [-0.4, -0.2) is 74.0 Å². The number of carbonyl (C=O) groups is 1. The first kappa shape index (κ1) is 39.1. The zero-order valence-corrected chi connectivity index (χ0v) is 30.7. The zero-order chi connectivity index (χ0) is 38.2. The Morgan fingerprint density at radius 1 is 1.29 bits per heavy atom. The van der Waals surface area contributed by atoms with Crippen LogP contribution in [0, 0.1) is 22.2 Å². The number of aromatic nitrogens is 4. The van der Waals surface area contributed by atoms with Crippen LogP contribution in [0.5, 0.6) is 0 Å². The molecule has 1 aliphatic carbocycles. The molecule has 0 bridgehead atoms. The number of fused-ring (bicyclic) bond motifs is 1. The highest BCUT2D eigenvalue weighted by molar-refractivity contribution is 7.46. The van der Waals surface area contributed by atoms with E-state index in [0.717, 1.165) is 10.8 Å². The highest BCUT2D eigenvalue weighted by Crippen LogP contribution is 2.51. The van der Waals surface area contributed by atoms with E-state index in [-0.39, 0.29) is 53.3 Å². The van der Waals surface area contributed by atoms with E-state index in [2.05, 4.69) is 36.2 Å². The Kier molecular flexibility index (Phi) is 11.1. The lowest BCUT2D eigenvalue weighted by Gasteiger charge is -2.44. The Morgan fingerprint density at radius 3 is 2.60 bits per heavy atom. The number of hydrogen-bond donors (Lipinski definition) is 3. The van der Waals surface area contributed by atoms with Gasteiger partial charge < -0.3 is 19.8 Å². The number of phosphoric acid groups is 1. The monoisotopic (exact) mass is 766 g/mol. The number of pyridine rings is 1. The van der Waals surface area contributed by atoms with Crippen LogP contribution < -0.4 is 10.2 Å². The van der Waals surface area contributed by atoms with E-state index < -0.39 is 56.0 Å². The van der Waals surface area contributed by atoms with Gasteiger partial charge in [-0.05, 0) is 43.4 Å². The standard InChI is InChI=1S/C33H39ClF3N8O6P/c1-19-32(5,8-7-25(35)41-19)28(24-17-44(43-42-24)33(9-10-33)29(36)37)45(30(46)50-11-6-12-51-52(47,48)49)21-13-22-26(40-18-31(2,3)4)20(15-38)16-39-27(22)23(34)14-21/h7-8,13-14,16-17,19,28-29H,6,9-12,18H2,1-5H3,(H,39,40)(H2,47,48,49)/t19?,28-,32?/m1/s1. The number of nitrogens with one attached hydrogen (secondary N) is 1. The number of allylic oxidation sites excluding steroid dienone is 1. The number of alkyl halides is 2. The molecular weight excluding hydrogens is 728 g/mol. The zero-order valence-electron chi connectivity index (χ0n) is 29.1. The fourth-order valence-electron chi connectivity index (χ4n) is 5.94. The predicted molar refractivity (Wildman–Crippen MR) is 187 cm³/mol. The van der Waals surface area contributed by atoms with Gasteiger partial charge in [0.2, 0.25) is 5.97 Å². The summed E-state index contributed by atoms with van der Waals surface area (Å²) in [6.45, 7) is 8.94. The van der Waals surface area contributed by atoms with Crippen molar-refractivity contribution in [3.05, 3.63) is 53.0 Å². The summed E-state index contributed by atoms with van der Waals surface area (Å²) in [4.78, 5) is 42.2. The number of aliphatic imine (C=N–C) groups is 1. The van der Waals surface area contributed by atoms with Gasteiger partial charge in [-0.25, -0.2) is 22.8 Å². The van der Waals surface area contributed by atoms with Crippen molar-refractivity contribution in [2.75, 3.05) is 30.0 Å². The summed E-state index contributed by atoms with van der Waals surface area (Å²) < 4.78 is 65.3. The number of benzene rings is 1. The number of hydrogen-bond acceptors (Lipinski definition) is 10. The molecule has 2 unspecified atom stereocenters. The number of halogens is 4. The average Bonchev–Trinajstić information content (AvgIpc) is 3.73. The van der Waals surface area contributed by atoms with Crippen molar-refractivity contribution in [2.24, 2.45) is 15.8 Å². The van der Waals surface area contributed by atoms with Crippen LogP contribution in [0.1, 0.15) is 71.2 Å². The highest BCUT2D eigenvalue weighted by atomic mass is 35.5. The third-order valence-electron chi connectivity index (χ3n) is 9.13. The molecular formula is C33H39ClF3N8O6P. The Balaban J connectivity index is 1.71. The molecule has 1 amide bonds. The summed E-state index contributed by atoms with van der Waals surface area (Å²) in [5, 5.41) is 22.1. The largest absolute Gasteiger partial charge is 0.469 e. The second-order valence-electron chi connectivity index (χ2n) is 14.3. The molecule has 1 fully saturated rings. The molecule has 52 heavy (non-hydrogen) atoms. The molecule has 3 aromatic rings. The normalized spacial score (nSPS) is 20.4. The molecule has 3 N–H and O–H groups in total. The molecule has 280 valence electrons. The van der Waals surface area contributed by atoms with Gasteiger partial charge in [-0.3, -0.25) is 19.4 Å². The topological polar surface area (TPSA) is 188 Å². The van der Waals surface area contributed by atoms with E-state index in [4.69, 9.17) is 26.1 Å². The lowest BCUT2D eigenvalue weighted by Crippen LogP contribution is -2.48. The predicted octanol–water partition coefficient (Wildman–Crippen LogP) is 7.08. The van der Waals surface area contributed by atoms with Crippen LogP contribution in [0.3, 0.4) is 0 Å². The van der Waals surface area contributed by atoms with Crippen LogP contribution in [-0.2, 0) is 19.4 Å². The first-order valence-corrected chi connectivity index (χ1v) is 18.3. The second kappa shape index (κ2) is 14.7. The molecule has 2 aliphatic rings. The SMILES string of the molecule is CC1N=C(F)C=CC1(C)[C@@H](c1cn(C2(C(F)F)CC2)nn1)N(C(=O)OCCCOP(=O)(O)O)c1cc(Cl)c2ncc(C#N)c(NCC(C)(C)C)c2c1. The van der Waals surface area contributed by atoms with Crippen molar-refractivity contribution in [1.82, 2.24) is 20.0 Å². The molecule has 0 saturated heterocycles. The molecule has 2 aromatic heterocycles. The minimum absolute atomic E-state index is 0.0522. The molecule has 1 aromatic carbocycles. The Morgan fingerprint density at radius 2 is 2.00 bits per heavy atom. The second-order valence-corrected chi connectivity index (χ2v) is 15.9. The van der Waals surface area contributed by atoms with Gasteiger partial charge in [-0.15, -0.1) is 5.10 Å². The number of ether oxygens (including phenoxy) is 1. The van der Waals surface area contributed by atoms with Crippen LogP contribution in [0.2, 0.25) is 5.02 Å². The van der Waals surface area contributed by atoms with Gasteiger partial charge >= 0.3 is 13.9 Å². The summed E-state index contributed by atoms with van der Waals surface area (Å²) in [6, 6.07) is 3.05. The first-order chi connectivity index (χ1) is 24.3. The van der Waals surface area contributed by atoms with Gasteiger partial charge in [-0.1, -0.05) is 50.6 Å². The van der Waals surface area contributed by atoms with Gasteiger partial charge in [0.15, 0.2) is 0 Å². The average molecular weight is 767 g/mol. The molecule has 14 nitrogen and oxygen atoms in total. The van der Waals surface area contributed by atoms with Crippen molar-refractivity contribution in [3.63, 3.8) is 0 Å². The molecule has 1 saturated carbocycles. The number of nitrogens with zero attached hydrogens (tertiary/aromatic N) is 7. The summed E-state index contributed by atoms with van der Waals surface area (Å²) >= 11 is 6.84. The Bertz CT molecular complexity index is 1990. The molecule has 0 radical (unpaired) electrons. The van der Waals surface area contributed by atoms with Gasteiger partial charge in [0, 0.05) is 30.0 Å². The van der Waals surface area contributed by atoms with Crippen LogP contribution in [0.25, 0.3) is 10.9 Å². The number of nitriles is 1. The van der Waals surface area contributed by atoms with Gasteiger partial charge in [0.1, 0.15) is 17.3 Å². The highest BCUT2D eigenvalue weighted by Gasteiger charge is 2.55. The van der Waals surface area contributed by atoms with Crippen molar-refractivity contribution >= 4 is 53.8 Å². The summed E-state index contributed by atoms with van der Waals surface area (Å²) in [6.07, 6.45) is 1.79. The molecule has 3 heterocycles. The van der Waals surface area contributed by atoms with E-state index >= 15 is 0 Å². The maximum atomic E-state index is 14.5. The molecule has 19 heteroatoms. The summed E-state index contributed by atoms with van der Waals surface area (Å²) in [7, 11) is -4.78. The maximum absolute atomic E-state index is 14.5. The minimum Gasteiger partial charge on any atom is -0.449 e. The minimum atomic E-state index is -4.78. The van der Waals surface area contributed by atoms with Crippen molar-refractivity contribution < 1.29 is 41.6 Å². The van der Waals surface area contributed by atoms with Crippen LogP contribution in [0.4, 0.5) is 29.3 Å². The number of rotatable bonds is 13. The van der Waals surface area contributed by atoms with Gasteiger partial charge in [-0.2, -0.15) is 9.65 Å². The van der Waals surface area contributed by atoms with E-state index in [1.165, 1.54) is 29.4 Å². The fraction of sp³-hybridized carbons (Fsp3) is 0.515. The third-order valence-corrected chi connectivity index (χ3v) is 9.94. The number of phosphoric ester groups is 1. The van der Waals surface area contributed by atoms with Crippen molar-refractivity contribution in [3.8, 4) is 6.07 Å². The number of dihydropyridines is 1. The number of carbonyl (C=O) groups excluding carboxylic acids is 1. The van der Waals surface area contributed by atoms with Crippen molar-refractivity contribution in [1.29, 1.82) is 5.26 Å². The lowest BCUT2D eigenvalue weighted by atomic mass is 9.73. The smallest absolute Gasteiger partial charge is 0.449 e. The van der Waals surface area contributed by atoms with Crippen LogP contribution >= 0.6 is 19.4 Å². The molecule has 5 rings (SSSR count). The van der Waals surface area contributed by atoms with E-state index in [9.17, 15) is 27.8 Å². The number of amides is 1. The molecule has 1 aliphatic heterocycles. The molecule has 0 spiro atoms. The van der Waals surface area contributed by atoms with E-state index in [1.54, 1.807) is 19.9 Å². The van der Waals surface area contributed by atoms with Crippen molar-refractivity contribution in [2.45, 2.75) is 77.9 Å². The Labute approximate surface area is 302 Å². The Hall–Kier alpha value is -4.07. The maximum Gasteiger partial charge on any atom is 0.469 e. The summed E-state index contributed by atoms with van der Waals surface area (Å²) in [5.41, 5.74) is -2.00. The fourth-order valence-corrected chi connectivity index (χ4v) is 6.57. The first-order valence-electron chi connectivity index (χ1n) is 16.4. The quantitative estimate of drug-likeness (QED) is 0.119. The summed E-state index contributed by atoms with van der Waals surface area (Å²) in [5.74, 6) is -0.764. The van der Waals surface area contributed by atoms with E-state index in [1.807, 2.05) is 20.8 Å². The number of anilines is 2. The van der Waals surface area contributed by atoms with Crippen LogP contribution in [0.15, 0.2) is 41.7 Å². The van der Waals surface area contributed by atoms with E-state index in [0.29, 0.717) is 23.1 Å². The van der Waals surface area contributed by atoms with Gasteiger partial charge in [0.05, 0.1) is 59.0 Å². The molecule has 3 atom stereocenters. The van der Waals surface area contributed by atoms with Gasteiger partial charge in [0.25, 0.3) is 6.43 Å². The third kappa shape index (κ3) is 8.26.